The highest BCUT2D eigenvalue weighted by Crippen LogP contribution is 2.58. The topological polar surface area (TPSA) is 9.23 Å². The number of alkyl halides is 4. The van der Waals surface area contributed by atoms with Crippen LogP contribution in [0.2, 0.25) is 0 Å². The van der Waals surface area contributed by atoms with Crippen LogP contribution in [0.4, 0.5) is 17.6 Å². The average Bonchev–Trinajstić information content (AvgIpc) is 2.88. The molecule has 0 aliphatic rings. The largest absolute Gasteiger partial charge is 0.491 e. The first-order valence-electron chi connectivity index (χ1n) is 11.0. The summed E-state index contributed by atoms with van der Waals surface area (Å²) in [5.74, 6) is 0.596. The van der Waals surface area contributed by atoms with Crippen LogP contribution in [0.15, 0.2) is 114 Å². The van der Waals surface area contributed by atoms with Crippen LogP contribution < -0.4 is 20.7 Å². The summed E-state index contributed by atoms with van der Waals surface area (Å²) in [6.07, 6.45) is 0.642. The molecule has 0 aromatic heterocycles. The normalized spacial score (nSPS) is 11.9. The van der Waals surface area contributed by atoms with Gasteiger partial charge in [-0.2, -0.15) is 13.2 Å². The van der Waals surface area contributed by atoms with Gasteiger partial charge in [0.05, 0.1) is 6.16 Å². The number of rotatable bonds is 9. The molecule has 0 aliphatic heterocycles. The Labute approximate surface area is 207 Å². The first-order chi connectivity index (χ1) is 16.9. The Kier molecular flexibility index (Phi) is 8.15. The zero-order valence-corrected chi connectivity index (χ0v) is 20.5. The van der Waals surface area contributed by atoms with Crippen LogP contribution in [0.5, 0.6) is 5.75 Å². The number of ether oxygens (including phenoxy) is 1. The summed E-state index contributed by atoms with van der Waals surface area (Å²) in [7, 11) is -2.24. The maximum Gasteiger partial charge on any atom is 0.446 e. The van der Waals surface area contributed by atoms with Gasteiger partial charge in [-0.05, 0) is 78.0 Å². The summed E-state index contributed by atoms with van der Waals surface area (Å²) in [5, 5.41) is 3.44. The van der Waals surface area contributed by atoms with Crippen LogP contribution in [0.3, 0.4) is 0 Å². The van der Waals surface area contributed by atoms with Gasteiger partial charge in [0.15, 0.2) is 0 Å². The van der Waals surface area contributed by atoms with Gasteiger partial charge in [0.25, 0.3) is 0 Å². The van der Waals surface area contributed by atoms with E-state index in [4.69, 9.17) is 4.74 Å². The smallest absolute Gasteiger partial charge is 0.446 e. The van der Waals surface area contributed by atoms with Crippen molar-refractivity contribution in [1.29, 1.82) is 0 Å². The highest BCUT2D eigenvalue weighted by Gasteiger charge is 2.45. The maximum atomic E-state index is 12.8. The number of thioether (sulfide) groups is 1. The number of benzene rings is 4. The van der Waals surface area contributed by atoms with E-state index in [1.54, 1.807) is 12.1 Å². The molecule has 0 saturated heterocycles. The molecule has 0 unspecified atom stereocenters. The van der Waals surface area contributed by atoms with Gasteiger partial charge >= 0.3 is 5.51 Å². The van der Waals surface area contributed by atoms with Crippen LogP contribution in [0, 0.1) is 0 Å². The molecular formula is C28H24F4OPS+. The van der Waals surface area contributed by atoms with E-state index >= 15 is 0 Å². The highest BCUT2D eigenvalue weighted by atomic mass is 32.2. The third kappa shape index (κ3) is 6.25. The van der Waals surface area contributed by atoms with E-state index in [1.807, 2.05) is 60.7 Å². The minimum Gasteiger partial charge on any atom is -0.491 e. The lowest BCUT2D eigenvalue weighted by Gasteiger charge is -2.28. The summed E-state index contributed by atoms with van der Waals surface area (Å²) in [6.45, 7) is -0.561. The fourth-order valence-corrected chi connectivity index (χ4v) is 8.87. The monoisotopic (exact) mass is 515 g/mol. The molecule has 0 heterocycles. The molecule has 7 heteroatoms. The zero-order chi connectivity index (χ0) is 24.7. The Morgan fingerprint density at radius 1 is 0.657 bits per heavy atom. The fourth-order valence-electron chi connectivity index (χ4n) is 4.11. The van der Waals surface area contributed by atoms with Crippen LogP contribution in [0.25, 0.3) is 0 Å². The summed E-state index contributed by atoms with van der Waals surface area (Å²) < 4.78 is 56.5. The Hall–Kier alpha value is -2.82. The number of hydrogen-bond donors (Lipinski definition) is 0. The van der Waals surface area contributed by atoms with Crippen molar-refractivity contribution >= 4 is 34.9 Å². The standard InChI is InChI=1S/C28H24F4OPS/c29-19-20-33-23-13-15-26(16-14-23)34(24-7-3-1-4-8-24,25-9-5-2-6-10-25)21-22-11-17-27(18-12-22)35-28(30,31)32/h1-18H,19-21H2/q+1. The lowest BCUT2D eigenvalue weighted by molar-refractivity contribution is -0.0328. The molecule has 0 radical (unpaired) electrons. The first kappa shape index (κ1) is 25.3. The van der Waals surface area contributed by atoms with Gasteiger partial charge in [0.2, 0.25) is 0 Å². The summed E-state index contributed by atoms with van der Waals surface area (Å²) in [6, 6.07) is 34.8. The molecule has 1 nitrogen and oxygen atoms in total. The molecule has 0 atom stereocenters. The minimum atomic E-state index is -4.32. The minimum absolute atomic E-state index is 0.000705. The highest BCUT2D eigenvalue weighted by molar-refractivity contribution is 8.00. The zero-order valence-electron chi connectivity index (χ0n) is 18.8. The van der Waals surface area contributed by atoms with Crippen molar-refractivity contribution in [2.24, 2.45) is 0 Å². The Morgan fingerprint density at radius 3 is 1.66 bits per heavy atom. The molecule has 0 amide bonds. The SMILES string of the molecule is FCCOc1ccc([P+](Cc2ccc(SC(F)(F)F)cc2)(c2ccccc2)c2ccccc2)cc1. The summed E-state index contributed by atoms with van der Waals surface area (Å²) in [4.78, 5) is 0.166. The van der Waals surface area contributed by atoms with Gasteiger partial charge < -0.3 is 4.74 Å². The third-order valence-corrected chi connectivity index (χ3v) is 10.7. The second-order valence-electron chi connectivity index (χ2n) is 7.86. The van der Waals surface area contributed by atoms with Gasteiger partial charge in [-0.25, -0.2) is 4.39 Å². The molecule has 4 aromatic rings. The van der Waals surface area contributed by atoms with Crippen molar-refractivity contribution in [3.05, 3.63) is 115 Å². The van der Waals surface area contributed by atoms with Crippen molar-refractivity contribution < 1.29 is 22.3 Å². The van der Waals surface area contributed by atoms with Crippen molar-refractivity contribution in [3.8, 4) is 5.75 Å². The van der Waals surface area contributed by atoms with E-state index in [9.17, 15) is 17.6 Å². The van der Waals surface area contributed by atoms with Gasteiger partial charge in [-0.1, -0.05) is 48.5 Å². The molecule has 0 bridgehead atoms. The molecular weight excluding hydrogens is 491 g/mol. The van der Waals surface area contributed by atoms with Crippen LogP contribution in [-0.4, -0.2) is 18.8 Å². The quantitative estimate of drug-likeness (QED) is 0.133. The summed E-state index contributed by atoms with van der Waals surface area (Å²) >= 11 is -0.107. The van der Waals surface area contributed by atoms with Gasteiger partial charge in [-0.3, -0.25) is 0 Å². The van der Waals surface area contributed by atoms with E-state index < -0.39 is 19.4 Å². The second kappa shape index (κ2) is 11.3. The summed E-state index contributed by atoms with van der Waals surface area (Å²) in [5.41, 5.74) is -3.37. The molecule has 35 heavy (non-hydrogen) atoms. The molecule has 0 spiro atoms. The van der Waals surface area contributed by atoms with E-state index in [1.165, 1.54) is 12.1 Å². The molecule has 0 fully saturated rings. The van der Waals surface area contributed by atoms with Gasteiger partial charge in [-0.15, -0.1) is 0 Å². The molecule has 0 saturated carbocycles. The van der Waals surface area contributed by atoms with E-state index in [0.717, 1.165) is 21.5 Å². The molecule has 4 aromatic carbocycles. The lowest BCUT2D eigenvalue weighted by Crippen LogP contribution is -2.32. The van der Waals surface area contributed by atoms with Crippen molar-refractivity contribution in [3.63, 3.8) is 0 Å². The van der Waals surface area contributed by atoms with Crippen molar-refractivity contribution in [2.75, 3.05) is 13.3 Å². The van der Waals surface area contributed by atoms with Crippen LogP contribution in [-0.2, 0) is 6.16 Å². The first-order valence-corrected chi connectivity index (χ1v) is 13.8. The average molecular weight is 516 g/mol. The molecule has 4 rings (SSSR count). The Balaban J connectivity index is 1.82. The van der Waals surface area contributed by atoms with Crippen molar-refractivity contribution in [2.45, 2.75) is 16.6 Å². The number of halogens is 4. The predicted octanol–water partition coefficient (Wildman–Crippen LogP) is 7.14. The van der Waals surface area contributed by atoms with Gasteiger partial charge in [0, 0.05) is 4.90 Å². The van der Waals surface area contributed by atoms with E-state index in [-0.39, 0.29) is 23.3 Å². The Morgan fingerprint density at radius 2 is 1.17 bits per heavy atom. The lowest BCUT2D eigenvalue weighted by atomic mass is 10.2. The van der Waals surface area contributed by atoms with Crippen LogP contribution in [0.1, 0.15) is 5.56 Å². The maximum absolute atomic E-state index is 12.8. The molecule has 0 N–H and O–H groups in total. The second-order valence-corrected chi connectivity index (χ2v) is 12.5. The fraction of sp³-hybridized carbons (Fsp3) is 0.143. The van der Waals surface area contributed by atoms with Crippen LogP contribution >= 0.6 is 19.0 Å². The molecule has 0 aliphatic carbocycles. The third-order valence-electron chi connectivity index (χ3n) is 5.59. The van der Waals surface area contributed by atoms with Crippen molar-refractivity contribution in [1.82, 2.24) is 0 Å². The van der Waals surface area contributed by atoms with Gasteiger partial charge in [0.1, 0.15) is 42.2 Å². The predicted molar refractivity (Wildman–Crippen MR) is 139 cm³/mol. The van der Waals surface area contributed by atoms with E-state index in [0.29, 0.717) is 11.9 Å². The number of hydrogen-bond acceptors (Lipinski definition) is 2. The molecule has 180 valence electrons. The van der Waals surface area contributed by atoms with E-state index in [2.05, 4.69) is 24.3 Å². The Bertz CT molecular complexity index is 1160.